The van der Waals surface area contributed by atoms with E-state index in [1.807, 2.05) is 36.9 Å². The Bertz CT molecular complexity index is 1140. The van der Waals surface area contributed by atoms with Gasteiger partial charge in [-0.15, -0.1) is 0 Å². The zero-order valence-electron chi connectivity index (χ0n) is 17.2. The van der Waals surface area contributed by atoms with Crippen LogP contribution in [0.25, 0.3) is 11.4 Å². The lowest BCUT2D eigenvalue weighted by molar-refractivity contribution is 0.0336. The van der Waals surface area contributed by atoms with E-state index >= 15 is 0 Å². The molecule has 3 heterocycles. The van der Waals surface area contributed by atoms with Crippen molar-refractivity contribution in [1.82, 2.24) is 19.5 Å². The molecule has 0 radical (unpaired) electrons. The Morgan fingerprint density at radius 3 is 2.77 bits per heavy atom. The van der Waals surface area contributed by atoms with Crippen molar-refractivity contribution in [2.45, 2.75) is 20.0 Å². The van der Waals surface area contributed by atoms with Gasteiger partial charge in [0.1, 0.15) is 12.4 Å². The van der Waals surface area contributed by atoms with Crippen molar-refractivity contribution >= 4 is 11.7 Å². The van der Waals surface area contributed by atoms with E-state index in [1.165, 1.54) is 17.0 Å². The van der Waals surface area contributed by atoms with Gasteiger partial charge in [-0.25, -0.2) is 15.0 Å². The zero-order chi connectivity index (χ0) is 21.3. The van der Waals surface area contributed by atoms with Gasteiger partial charge in [-0.1, -0.05) is 17.7 Å². The molecule has 2 aromatic heterocycles. The first kappa shape index (κ1) is 19.9. The van der Waals surface area contributed by atoms with Gasteiger partial charge < -0.3 is 9.64 Å². The molecule has 0 N–H and O–H groups in total. The maximum Gasteiger partial charge on any atom is 0.255 e. The molecule has 0 saturated carbocycles. The monoisotopic (exact) mass is 405 g/mol. The molecule has 0 bridgehead atoms. The van der Waals surface area contributed by atoms with Gasteiger partial charge in [0, 0.05) is 31.4 Å². The van der Waals surface area contributed by atoms with E-state index in [2.05, 4.69) is 15.0 Å². The highest BCUT2D eigenvalue weighted by atomic mass is 16.5. The van der Waals surface area contributed by atoms with Crippen LogP contribution in [0, 0.1) is 13.8 Å². The van der Waals surface area contributed by atoms with Crippen LogP contribution in [0.4, 0.5) is 5.95 Å². The summed E-state index contributed by atoms with van der Waals surface area (Å²) in [6.45, 7) is 5.10. The second kappa shape index (κ2) is 8.16. The first-order valence-corrected chi connectivity index (χ1v) is 9.76. The molecule has 0 aliphatic carbocycles. The smallest absolute Gasteiger partial charge is 0.255 e. The van der Waals surface area contributed by atoms with Gasteiger partial charge >= 0.3 is 0 Å². The fraction of sp³-hybridized carbons (Fsp3) is 0.318. The van der Waals surface area contributed by atoms with Crippen molar-refractivity contribution in [2.75, 3.05) is 24.6 Å². The molecular weight excluding hydrogens is 382 g/mol. The number of nitrogens with zero attached hydrogens (tertiary/aromatic N) is 5. The second-order valence-corrected chi connectivity index (χ2v) is 7.42. The van der Waals surface area contributed by atoms with Crippen LogP contribution >= 0.6 is 0 Å². The summed E-state index contributed by atoms with van der Waals surface area (Å²) in [5.74, 6) is 0.427. The number of ether oxygens (including phenoxy) is 1. The molecule has 1 unspecified atom stereocenters. The number of carbonyl (C=O) groups excluding carboxylic acids is 1. The van der Waals surface area contributed by atoms with Gasteiger partial charge in [-0.3, -0.25) is 14.2 Å². The molecule has 0 spiro atoms. The maximum absolute atomic E-state index is 13.1. The van der Waals surface area contributed by atoms with Gasteiger partial charge in [-0.2, -0.15) is 0 Å². The number of morpholine rings is 1. The predicted molar refractivity (Wildman–Crippen MR) is 113 cm³/mol. The Morgan fingerprint density at radius 1 is 1.17 bits per heavy atom. The zero-order valence-corrected chi connectivity index (χ0v) is 17.2. The second-order valence-electron chi connectivity index (χ2n) is 7.42. The maximum atomic E-state index is 13.1. The number of carbonyl (C=O) groups is 1. The standard InChI is InChI=1S/C22H23N5O3/c1-14-4-5-15(2)16(10-14)21(29)19-12-27(8-9-30-19)22-25-18(11-20(28)26(22)3)17-6-7-23-13-24-17/h4-7,10-11,13,19H,8-9,12H2,1-3H3. The highest BCUT2D eigenvalue weighted by Gasteiger charge is 2.30. The summed E-state index contributed by atoms with van der Waals surface area (Å²) in [6.07, 6.45) is 2.40. The lowest BCUT2D eigenvalue weighted by atomic mass is 9.98. The van der Waals surface area contributed by atoms with E-state index in [9.17, 15) is 9.59 Å². The third-order valence-corrected chi connectivity index (χ3v) is 5.26. The van der Waals surface area contributed by atoms with E-state index in [0.717, 1.165) is 11.1 Å². The largest absolute Gasteiger partial charge is 0.366 e. The van der Waals surface area contributed by atoms with Crippen molar-refractivity contribution in [3.8, 4) is 11.4 Å². The normalized spacial score (nSPS) is 16.5. The molecule has 1 aliphatic heterocycles. The number of hydrogen-bond donors (Lipinski definition) is 0. The first-order chi connectivity index (χ1) is 14.4. The average Bonchev–Trinajstić information content (AvgIpc) is 2.77. The van der Waals surface area contributed by atoms with Crippen LogP contribution in [0.15, 0.2) is 47.7 Å². The van der Waals surface area contributed by atoms with Crippen LogP contribution in [-0.4, -0.2) is 51.1 Å². The summed E-state index contributed by atoms with van der Waals surface area (Å²) in [5.41, 5.74) is 3.46. The Labute approximate surface area is 174 Å². The molecule has 4 rings (SSSR count). The Hall–Kier alpha value is -3.39. The van der Waals surface area contributed by atoms with Crippen LogP contribution in [0.1, 0.15) is 21.5 Å². The number of Topliss-reactive ketones (excluding diaryl/α,β-unsaturated/α-hetero) is 1. The van der Waals surface area contributed by atoms with E-state index in [0.29, 0.717) is 42.6 Å². The minimum absolute atomic E-state index is 0.0575. The Balaban J connectivity index is 1.65. The summed E-state index contributed by atoms with van der Waals surface area (Å²) in [5, 5.41) is 0. The number of ketones is 1. The third-order valence-electron chi connectivity index (χ3n) is 5.26. The molecule has 0 amide bonds. The molecule has 154 valence electrons. The van der Waals surface area contributed by atoms with Crippen molar-refractivity contribution in [1.29, 1.82) is 0 Å². The minimum Gasteiger partial charge on any atom is -0.366 e. The molecule has 8 nitrogen and oxygen atoms in total. The fourth-order valence-corrected chi connectivity index (χ4v) is 3.55. The molecular formula is C22H23N5O3. The molecule has 1 atom stereocenters. The topological polar surface area (TPSA) is 90.2 Å². The van der Waals surface area contributed by atoms with Gasteiger partial charge in [0.05, 0.1) is 24.5 Å². The number of aromatic nitrogens is 4. The molecule has 3 aromatic rings. The summed E-state index contributed by atoms with van der Waals surface area (Å²) in [7, 11) is 1.67. The Morgan fingerprint density at radius 2 is 2.00 bits per heavy atom. The summed E-state index contributed by atoms with van der Waals surface area (Å²) in [6, 6.07) is 8.98. The van der Waals surface area contributed by atoms with Crippen molar-refractivity contribution in [3.63, 3.8) is 0 Å². The number of benzene rings is 1. The quantitative estimate of drug-likeness (QED) is 0.613. The number of anilines is 1. The van der Waals surface area contributed by atoms with Crippen molar-refractivity contribution in [2.24, 2.45) is 7.05 Å². The van der Waals surface area contributed by atoms with Crippen LogP contribution in [0.3, 0.4) is 0 Å². The van der Waals surface area contributed by atoms with Crippen LogP contribution in [-0.2, 0) is 11.8 Å². The predicted octanol–water partition coefficient (Wildman–Crippen LogP) is 1.94. The first-order valence-electron chi connectivity index (χ1n) is 9.76. The summed E-state index contributed by atoms with van der Waals surface area (Å²) >= 11 is 0. The Kier molecular flexibility index (Phi) is 5.41. The molecule has 1 aliphatic rings. The molecule has 1 saturated heterocycles. The van der Waals surface area contributed by atoms with Gasteiger partial charge in [0.25, 0.3) is 5.56 Å². The van der Waals surface area contributed by atoms with Crippen molar-refractivity contribution in [3.05, 3.63) is 69.9 Å². The third kappa shape index (κ3) is 3.86. The van der Waals surface area contributed by atoms with Crippen LogP contribution < -0.4 is 10.5 Å². The summed E-state index contributed by atoms with van der Waals surface area (Å²) < 4.78 is 7.28. The number of aryl methyl sites for hydroxylation is 2. The number of rotatable bonds is 4. The highest BCUT2D eigenvalue weighted by molar-refractivity contribution is 6.01. The van der Waals surface area contributed by atoms with Crippen LogP contribution in [0.2, 0.25) is 0 Å². The van der Waals surface area contributed by atoms with Crippen molar-refractivity contribution < 1.29 is 9.53 Å². The fourth-order valence-electron chi connectivity index (χ4n) is 3.55. The average molecular weight is 405 g/mol. The molecule has 8 heteroatoms. The molecule has 1 aromatic carbocycles. The van der Waals surface area contributed by atoms with E-state index in [4.69, 9.17) is 4.74 Å². The molecule has 1 fully saturated rings. The van der Waals surface area contributed by atoms with E-state index < -0.39 is 6.10 Å². The van der Waals surface area contributed by atoms with E-state index in [-0.39, 0.29) is 11.3 Å². The van der Waals surface area contributed by atoms with Gasteiger partial charge in [0.15, 0.2) is 5.78 Å². The van der Waals surface area contributed by atoms with E-state index in [1.54, 1.807) is 19.3 Å². The molecule has 30 heavy (non-hydrogen) atoms. The number of hydrogen-bond acceptors (Lipinski definition) is 7. The van der Waals surface area contributed by atoms with Gasteiger partial charge in [0.2, 0.25) is 5.95 Å². The lowest BCUT2D eigenvalue weighted by Gasteiger charge is -2.34. The lowest BCUT2D eigenvalue weighted by Crippen LogP contribution is -2.48. The summed E-state index contributed by atoms with van der Waals surface area (Å²) in [4.78, 5) is 40.4. The van der Waals surface area contributed by atoms with Crippen LogP contribution in [0.5, 0.6) is 0 Å². The highest BCUT2D eigenvalue weighted by Crippen LogP contribution is 2.21. The van der Waals surface area contributed by atoms with Gasteiger partial charge in [-0.05, 0) is 31.5 Å². The minimum atomic E-state index is -0.626. The SMILES string of the molecule is Cc1ccc(C)c(C(=O)C2CN(c3nc(-c4ccncn4)cc(=O)n3C)CCO2)c1.